The second-order valence-corrected chi connectivity index (χ2v) is 8.14. The molecule has 3 heterocycles. The Labute approximate surface area is 187 Å². The number of amides is 1. The van der Waals surface area contributed by atoms with Crippen LogP contribution in [0.1, 0.15) is 29.9 Å². The first-order valence-electron chi connectivity index (χ1n) is 10.5. The Balaban J connectivity index is 1.31. The minimum atomic E-state index is 0.116. The van der Waals surface area contributed by atoms with Crippen LogP contribution in [0.4, 0.5) is 17.3 Å². The molecule has 0 saturated carbocycles. The average molecular weight is 436 g/mol. The van der Waals surface area contributed by atoms with E-state index in [2.05, 4.69) is 32.7 Å². The average Bonchev–Trinajstić information content (AvgIpc) is 2.81. The summed E-state index contributed by atoms with van der Waals surface area (Å²) in [4.78, 5) is 23.3. The van der Waals surface area contributed by atoms with Gasteiger partial charge < -0.3 is 15.5 Å². The van der Waals surface area contributed by atoms with Gasteiger partial charge in [0.05, 0.1) is 6.54 Å². The van der Waals surface area contributed by atoms with Crippen LogP contribution >= 0.6 is 11.6 Å². The van der Waals surface area contributed by atoms with Crippen LogP contribution in [-0.2, 0) is 4.79 Å². The van der Waals surface area contributed by atoms with Gasteiger partial charge in [-0.3, -0.25) is 4.79 Å². The molecule has 0 atom stereocenters. The lowest BCUT2D eigenvalue weighted by Gasteiger charge is -2.32. The summed E-state index contributed by atoms with van der Waals surface area (Å²) < 4.78 is 0. The lowest BCUT2D eigenvalue weighted by atomic mass is 9.90. The fourth-order valence-electron chi connectivity index (χ4n) is 3.88. The SMILES string of the molecule is Cc1c(Cl)cccc1NCC(=O)N1CCC(c2ccnc(Nc3ccccn3)c2)CC1. The number of carbonyl (C=O) groups excluding carboxylic acids is 1. The Morgan fingerprint density at radius 2 is 1.87 bits per heavy atom. The summed E-state index contributed by atoms with van der Waals surface area (Å²) >= 11 is 6.16. The van der Waals surface area contributed by atoms with Crippen LogP contribution in [0.3, 0.4) is 0 Å². The molecule has 1 aliphatic heterocycles. The lowest BCUT2D eigenvalue weighted by Crippen LogP contribution is -2.41. The number of hydrogen-bond donors (Lipinski definition) is 2. The van der Waals surface area contributed by atoms with Crippen molar-refractivity contribution < 1.29 is 4.79 Å². The van der Waals surface area contributed by atoms with Crippen molar-refractivity contribution >= 4 is 34.8 Å². The normalized spacial score (nSPS) is 14.3. The Kier molecular flexibility index (Phi) is 6.67. The number of pyridine rings is 2. The van der Waals surface area contributed by atoms with E-state index in [1.165, 1.54) is 5.56 Å². The third-order valence-corrected chi connectivity index (χ3v) is 6.13. The van der Waals surface area contributed by atoms with E-state index >= 15 is 0 Å². The zero-order valence-corrected chi connectivity index (χ0v) is 18.3. The van der Waals surface area contributed by atoms with Gasteiger partial charge in [-0.25, -0.2) is 9.97 Å². The van der Waals surface area contributed by atoms with Crippen LogP contribution in [0.5, 0.6) is 0 Å². The smallest absolute Gasteiger partial charge is 0.241 e. The summed E-state index contributed by atoms with van der Waals surface area (Å²) in [7, 11) is 0. The van der Waals surface area contributed by atoms with Crippen LogP contribution < -0.4 is 10.6 Å². The second-order valence-electron chi connectivity index (χ2n) is 7.74. The van der Waals surface area contributed by atoms with Crippen LogP contribution in [0, 0.1) is 6.92 Å². The predicted octanol–water partition coefficient (Wildman–Crippen LogP) is 5.00. The van der Waals surface area contributed by atoms with Crippen molar-refractivity contribution in [2.24, 2.45) is 0 Å². The minimum Gasteiger partial charge on any atom is -0.376 e. The van der Waals surface area contributed by atoms with Crippen molar-refractivity contribution in [3.63, 3.8) is 0 Å². The Hall–Kier alpha value is -3.12. The zero-order valence-electron chi connectivity index (χ0n) is 17.5. The number of rotatable bonds is 6. The van der Waals surface area contributed by atoms with Gasteiger partial charge in [0.15, 0.2) is 0 Å². The van der Waals surface area contributed by atoms with Crippen LogP contribution in [0.2, 0.25) is 5.02 Å². The number of likely N-dealkylation sites (tertiary alicyclic amines) is 1. The maximum absolute atomic E-state index is 12.7. The number of nitrogens with zero attached hydrogens (tertiary/aromatic N) is 3. The fourth-order valence-corrected chi connectivity index (χ4v) is 4.06. The number of piperidine rings is 1. The van der Waals surface area contributed by atoms with E-state index in [1.54, 1.807) is 6.20 Å². The van der Waals surface area contributed by atoms with Crippen molar-refractivity contribution in [3.05, 3.63) is 77.1 Å². The second kappa shape index (κ2) is 9.79. The van der Waals surface area contributed by atoms with Crippen LogP contribution in [0.15, 0.2) is 60.9 Å². The van der Waals surface area contributed by atoms with Crippen LogP contribution in [-0.4, -0.2) is 40.4 Å². The zero-order chi connectivity index (χ0) is 21.6. The molecule has 1 aromatic carbocycles. The molecule has 2 N–H and O–H groups in total. The molecule has 3 aromatic rings. The molecule has 7 heteroatoms. The van der Waals surface area contributed by atoms with E-state index in [0.717, 1.165) is 48.8 Å². The summed E-state index contributed by atoms with van der Waals surface area (Å²) in [5.41, 5.74) is 3.11. The Morgan fingerprint density at radius 3 is 2.65 bits per heavy atom. The molecule has 1 saturated heterocycles. The van der Waals surface area contributed by atoms with E-state index in [9.17, 15) is 4.79 Å². The highest BCUT2D eigenvalue weighted by molar-refractivity contribution is 6.31. The van der Waals surface area contributed by atoms with Gasteiger partial charge in [-0.05, 0) is 73.2 Å². The van der Waals surface area contributed by atoms with Crippen molar-refractivity contribution in [1.29, 1.82) is 0 Å². The van der Waals surface area contributed by atoms with Gasteiger partial charge in [-0.15, -0.1) is 0 Å². The standard InChI is InChI=1S/C24H26ClN5O/c1-17-20(25)5-4-6-21(17)28-16-24(31)30-13-9-18(10-14-30)19-8-12-27-23(15-19)29-22-7-2-3-11-26-22/h2-8,11-12,15,18,28H,9-10,13-14,16H2,1H3,(H,26,27,29). The highest BCUT2D eigenvalue weighted by Gasteiger charge is 2.24. The molecule has 2 aromatic heterocycles. The van der Waals surface area contributed by atoms with E-state index in [0.29, 0.717) is 10.9 Å². The molecule has 1 fully saturated rings. The molecule has 1 aliphatic rings. The number of carbonyl (C=O) groups is 1. The number of anilines is 3. The van der Waals surface area contributed by atoms with Gasteiger partial charge in [-0.2, -0.15) is 0 Å². The van der Waals surface area contributed by atoms with Gasteiger partial charge in [-0.1, -0.05) is 23.7 Å². The van der Waals surface area contributed by atoms with Gasteiger partial charge >= 0.3 is 0 Å². The van der Waals surface area contributed by atoms with Gasteiger partial charge in [0.1, 0.15) is 11.6 Å². The molecule has 0 unspecified atom stereocenters. The monoisotopic (exact) mass is 435 g/mol. The van der Waals surface area contributed by atoms with E-state index in [-0.39, 0.29) is 12.5 Å². The largest absolute Gasteiger partial charge is 0.376 e. The minimum absolute atomic E-state index is 0.116. The van der Waals surface area contributed by atoms with Gasteiger partial charge in [0.2, 0.25) is 5.91 Å². The van der Waals surface area contributed by atoms with Crippen molar-refractivity contribution in [1.82, 2.24) is 14.9 Å². The van der Waals surface area contributed by atoms with Crippen molar-refractivity contribution in [3.8, 4) is 0 Å². The first-order valence-corrected chi connectivity index (χ1v) is 10.9. The molecule has 6 nitrogen and oxygen atoms in total. The summed E-state index contributed by atoms with van der Waals surface area (Å²) in [6.45, 7) is 3.74. The van der Waals surface area contributed by atoms with E-state index in [1.807, 2.05) is 54.4 Å². The van der Waals surface area contributed by atoms with Crippen LogP contribution in [0.25, 0.3) is 0 Å². The molecule has 31 heavy (non-hydrogen) atoms. The highest BCUT2D eigenvalue weighted by Crippen LogP contribution is 2.29. The summed E-state index contributed by atoms with van der Waals surface area (Å²) in [5, 5.41) is 7.17. The fraction of sp³-hybridized carbons (Fsp3) is 0.292. The summed E-state index contributed by atoms with van der Waals surface area (Å²) in [6, 6.07) is 15.6. The van der Waals surface area contributed by atoms with E-state index in [4.69, 9.17) is 11.6 Å². The first-order chi connectivity index (χ1) is 15.1. The third-order valence-electron chi connectivity index (χ3n) is 5.72. The van der Waals surface area contributed by atoms with Crippen molar-refractivity contribution in [2.45, 2.75) is 25.7 Å². The molecule has 0 spiro atoms. The Morgan fingerprint density at radius 1 is 1.06 bits per heavy atom. The van der Waals surface area contributed by atoms with Gasteiger partial charge in [0.25, 0.3) is 0 Å². The molecule has 1 amide bonds. The highest BCUT2D eigenvalue weighted by atomic mass is 35.5. The number of halogens is 1. The maximum atomic E-state index is 12.7. The molecule has 160 valence electrons. The summed E-state index contributed by atoms with van der Waals surface area (Å²) in [5.74, 6) is 2.09. The molecular formula is C24H26ClN5O. The van der Waals surface area contributed by atoms with Crippen molar-refractivity contribution in [2.75, 3.05) is 30.3 Å². The summed E-state index contributed by atoms with van der Waals surface area (Å²) in [6.07, 6.45) is 5.46. The number of aromatic nitrogens is 2. The molecular weight excluding hydrogens is 410 g/mol. The third kappa shape index (κ3) is 5.33. The lowest BCUT2D eigenvalue weighted by molar-refractivity contribution is -0.130. The van der Waals surface area contributed by atoms with E-state index < -0.39 is 0 Å². The topological polar surface area (TPSA) is 70.2 Å². The molecule has 0 bridgehead atoms. The van der Waals surface area contributed by atoms with Gasteiger partial charge in [0, 0.05) is 36.2 Å². The molecule has 0 aliphatic carbocycles. The predicted molar refractivity (Wildman–Crippen MR) is 125 cm³/mol. The number of hydrogen-bond acceptors (Lipinski definition) is 5. The first kappa shape index (κ1) is 21.1. The number of nitrogens with one attached hydrogen (secondary N) is 2. The quantitative estimate of drug-likeness (QED) is 0.570. The maximum Gasteiger partial charge on any atom is 0.241 e. The Bertz CT molecular complexity index is 1040. The molecule has 4 rings (SSSR count). The molecule has 0 radical (unpaired) electrons. The number of benzene rings is 1.